The molecule has 0 spiro atoms. The number of carbonyl (C=O) groups is 1. The number of carbonyl (C=O) groups excluding carboxylic acids is 1. The second kappa shape index (κ2) is 8.95. The molecule has 160 valence electrons. The minimum Gasteiger partial charge on any atom is -0.307 e. The number of nitrogens with zero attached hydrogens (tertiary/aromatic N) is 2. The van der Waals surface area contributed by atoms with Crippen molar-refractivity contribution in [3.63, 3.8) is 0 Å². The lowest BCUT2D eigenvalue weighted by Gasteiger charge is -2.48. The van der Waals surface area contributed by atoms with Crippen molar-refractivity contribution < 1.29 is 13.6 Å². The van der Waals surface area contributed by atoms with Gasteiger partial charge in [-0.3, -0.25) is 9.69 Å². The van der Waals surface area contributed by atoms with Gasteiger partial charge in [0, 0.05) is 41.8 Å². The summed E-state index contributed by atoms with van der Waals surface area (Å²) in [7, 11) is 0. The van der Waals surface area contributed by atoms with Gasteiger partial charge in [-0.25, -0.2) is 8.78 Å². The molecule has 1 saturated heterocycles. The maximum absolute atomic E-state index is 13.7. The van der Waals surface area contributed by atoms with Gasteiger partial charge in [0.25, 0.3) is 0 Å². The Bertz CT molecular complexity index is 1020. The molecule has 1 amide bonds. The van der Waals surface area contributed by atoms with E-state index in [4.69, 9.17) is 23.2 Å². The Balaban J connectivity index is 1.61. The monoisotopic (exact) mass is 460 g/mol. The summed E-state index contributed by atoms with van der Waals surface area (Å²) < 4.78 is 27.5. The normalized spacial score (nSPS) is 14.5. The van der Waals surface area contributed by atoms with Crippen LogP contribution >= 0.6 is 23.2 Å². The number of benzene rings is 3. The number of halogens is 4. The van der Waals surface area contributed by atoms with E-state index in [-0.39, 0.29) is 23.7 Å². The van der Waals surface area contributed by atoms with Gasteiger partial charge in [-0.2, -0.15) is 0 Å². The Morgan fingerprint density at radius 2 is 1.35 bits per heavy atom. The topological polar surface area (TPSA) is 23.6 Å². The number of amides is 1. The van der Waals surface area contributed by atoms with Crippen LogP contribution in [0.4, 0.5) is 14.5 Å². The van der Waals surface area contributed by atoms with E-state index in [1.54, 1.807) is 0 Å². The highest BCUT2D eigenvalue weighted by molar-refractivity contribution is 6.30. The summed E-state index contributed by atoms with van der Waals surface area (Å²) in [5, 5.41) is 1.30. The molecule has 4 rings (SSSR count). The Morgan fingerprint density at radius 3 is 1.77 bits per heavy atom. The van der Waals surface area contributed by atoms with Crippen molar-refractivity contribution in [1.82, 2.24) is 4.90 Å². The van der Waals surface area contributed by atoms with Gasteiger partial charge in [-0.15, -0.1) is 0 Å². The Kier molecular flexibility index (Phi) is 6.28. The summed E-state index contributed by atoms with van der Waals surface area (Å²) >= 11 is 12.1. The maximum Gasteiger partial charge on any atom is 0.224 e. The molecule has 1 heterocycles. The average Bonchev–Trinajstić information content (AvgIpc) is 2.67. The molecule has 3 nitrogen and oxygen atoms in total. The van der Waals surface area contributed by atoms with Crippen molar-refractivity contribution >= 4 is 34.8 Å². The van der Waals surface area contributed by atoms with Crippen LogP contribution in [0.1, 0.15) is 24.1 Å². The summed E-state index contributed by atoms with van der Waals surface area (Å²) in [6, 6.07) is 18.2. The first-order chi connectivity index (χ1) is 14.8. The zero-order valence-electron chi connectivity index (χ0n) is 16.7. The molecule has 0 N–H and O–H groups in total. The standard InChI is InChI=1S/C24H20Cl2F2N2O/c1-15(31)30(22-11-20(27)10-21(28)12-22)23-13-29(14-23)24(16-2-6-18(25)7-3-16)17-4-8-19(26)9-5-17/h2-12,23-24H,13-14H2,1H3. The third-order valence-corrected chi connectivity index (χ3v) is 5.96. The first-order valence-corrected chi connectivity index (χ1v) is 10.6. The van der Waals surface area contributed by atoms with Gasteiger partial charge in [0.1, 0.15) is 11.6 Å². The molecular formula is C24H20Cl2F2N2O. The zero-order chi connectivity index (χ0) is 22.1. The predicted molar refractivity (Wildman–Crippen MR) is 120 cm³/mol. The highest BCUT2D eigenvalue weighted by Gasteiger charge is 2.39. The van der Waals surface area contributed by atoms with Crippen LogP contribution in [0.25, 0.3) is 0 Å². The average molecular weight is 461 g/mol. The van der Waals surface area contributed by atoms with E-state index in [1.807, 2.05) is 48.5 Å². The summed E-state index contributed by atoms with van der Waals surface area (Å²) in [5.74, 6) is -1.68. The fourth-order valence-electron chi connectivity index (χ4n) is 4.09. The summed E-state index contributed by atoms with van der Waals surface area (Å²) in [6.07, 6.45) is 0. The fourth-order valence-corrected chi connectivity index (χ4v) is 4.35. The number of anilines is 1. The predicted octanol–water partition coefficient (Wildman–Crippen LogP) is 6.10. The van der Waals surface area contributed by atoms with Crippen molar-refractivity contribution in [3.8, 4) is 0 Å². The lowest BCUT2D eigenvalue weighted by atomic mass is 9.92. The molecule has 3 aromatic carbocycles. The number of hydrogen-bond acceptors (Lipinski definition) is 2. The van der Waals surface area contributed by atoms with Gasteiger partial charge in [-0.1, -0.05) is 47.5 Å². The molecule has 0 unspecified atom stereocenters. The van der Waals surface area contributed by atoms with Crippen LogP contribution in [-0.4, -0.2) is 29.9 Å². The second-order valence-corrected chi connectivity index (χ2v) is 8.50. The van der Waals surface area contributed by atoms with Gasteiger partial charge in [0.2, 0.25) is 5.91 Å². The van der Waals surface area contributed by atoms with Crippen LogP contribution < -0.4 is 4.90 Å². The van der Waals surface area contributed by atoms with Crippen LogP contribution in [0.5, 0.6) is 0 Å². The third kappa shape index (κ3) is 4.74. The number of likely N-dealkylation sites (tertiary alicyclic amines) is 1. The van der Waals surface area contributed by atoms with E-state index < -0.39 is 11.6 Å². The third-order valence-electron chi connectivity index (χ3n) is 5.46. The van der Waals surface area contributed by atoms with Crippen molar-refractivity contribution in [1.29, 1.82) is 0 Å². The number of hydrogen-bond donors (Lipinski definition) is 0. The largest absolute Gasteiger partial charge is 0.307 e. The van der Waals surface area contributed by atoms with E-state index in [2.05, 4.69) is 4.90 Å². The summed E-state index contributed by atoms with van der Waals surface area (Å²) in [6.45, 7) is 2.50. The molecule has 0 saturated carbocycles. The van der Waals surface area contributed by atoms with Crippen LogP contribution in [0.2, 0.25) is 10.0 Å². The molecule has 7 heteroatoms. The fraction of sp³-hybridized carbons (Fsp3) is 0.208. The van der Waals surface area contributed by atoms with Crippen LogP contribution in [-0.2, 0) is 4.79 Å². The lowest BCUT2D eigenvalue weighted by molar-refractivity contribution is -0.117. The van der Waals surface area contributed by atoms with Gasteiger partial charge in [0.05, 0.1) is 12.1 Å². The summed E-state index contributed by atoms with van der Waals surface area (Å²) in [4.78, 5) is 16.0. The smallest absolute Gasteiger partial charge is 0.224 e. The van der Waals surface area contributed by atoms with Crippen molar-refractivity contribution in [2.45, 2.75) is 19.0 Å². The quantitative estimate of drug-likeness (QED) is 0.459. The van der Waals surface area contributed by atoms with E-state index in [0.717, 1.165) is 17.2 Å². The Hall–Kier alpha value is -2.47. The van der Waals surface area contributed by atoms with Gasteiger partial charge < -0.3 is 4.90 Å². The molecule has 0 bridgehead atoms. The van der Waals surface area contributed by atoms with Gasteiger partial charge >= 0.3 is 0 Å². The van der Waals surface area contributed by atoms with E-state index >= 15 is 0 Å². The van der Waals surface area contributed by atoms with Crippen molar-refractivity contribution in [3.05, 3.63) is 99.5 Å². The Morgan fingerprint density at radius 1 is 0.903 bits per heavy atom. The maximum atomic E-state index is 13.7. The van der Waals surface area contributed by atoms with Crippen LogP contribution in [0, 0.1) is 11.6 Å². The van der Waals surface area contributed by atoms with E-state index in [1.165, 1.54) is 24.0 Å². The minimum absolute atomic E-state index is 0.0659. The minimum atomic E-state index is -0.711. The van der Waals surface area contributed by atoms with Gasteiger partial charge in [-0.05, 0) is 47.5 Å². The molecular weight excluding hydrogens is 441 g/mol. The van der Waals surface area contributed by atoms with Crippen LogP contribution in [0.3, 0.4) is 0 Å². The molecule has 31 heavy (non-hydrogen) atoms. The highest BCUT2D eigenvalue weighted by Crippen LogP contribution is 2.36. The lowest BCUT2D eigenvalue weighted by Crippen LogP contribution is -2.61. The SMILES string of the molecule is CC(=O)N(c1cc(F)cc(F)c1)C1CN(C(c2ccc(Cl)cc2)c2ccc(Cl)cc2)C1. The molecule has 1 aliphatic heterocycles. The van der Waals surface area contributed by atoms with E-state index in [9.17, 15) is 13.6 Å². The molecule has 1 fully saturated rings. The molecule has 0 atom stereocenters. The molecule has 3 aromatic rings. The van der Waals surface area contributed by atoms with Crippen LogP contribution in [0.15, 0.2) is 66.7 Å². The van der Waals surface area contributed by atoms with E-state index in [0.29, 0.717) is 23.1 Å². The van der Waals surface area contributed by atoms with Crippen molar-refractivity contribution in [2.24, 2.45) is 0 Å². The second-order valence-electron chi connectivity index (χ2n) is 7.63. The molecule has 1 aliphatic rings. The summed E-state index contributed by atoms with van der Waals surface area (Å²) in [5.41, 5.74) is 2.33. The molecule has 0 radical (unpaired) electrons. The number of rotatable bonds is 5. The first kappa shape index (κ1) is 21.8. The molecule has 0 aliphatic carbocycles. The van der Waals surface area contributed by atoms with Gasteiger partial charge in [0.15, 0.2) is 0 Å². The first-order valence-electron chi connectivity index (χ1n) is 9.82. The molecule has 0 aromatic heterocycles. The van der Waals surface area contributed by atoms with Crippen molar-refractivity contribution in [2.75, 3.05) is 18.0 Å². The Labute approximate surface area is 189 Å². The zero-order valence-corrected chi connectivity index (χ0v) is 18.2. The highest BCUT2D eigenvalue weighted by atomic mass is 35.5.